The van der Waals surface area contributed by atoms with Gasteiger partial charge >= 0.3 is 11.9 Å². The van der Waals surface area contributed by atoms with Gasteiger partial charge in [0, 0.05) is 35.6 Å². The molecule has 4 atom stereocenters. The minimum atomic E-state index is -1.27. The Morgan fingerprint density at radius 1 is 0.630 bits per heavy atom. The summed E-state index contributed by atoms with van der Waals surface area (Å²) in [5.74, 6) is -2.45. The van der Waals surface area contributed by atoms with Crippen LogP contribution in [0.3, 0.4) is 0 Å². The molecular weight excluding hydrogens is 696 g/mol. The molecule has 14 heteroatoms. The SMILES string of the molecule is COc1cc(C(=O)N2CCc3c(-c4cccc5c4CCN5C(=O)c4ccc(NC(C(=O)O)C(C)O)c(OC)c4)cccc32)ccc1NC(C(=O)O)C(C)O. The molecule has 0 aliphatic carbocycles. The second-order valence-corrected chi connectivity index (χ2v) is 13.3. The Hall–Kier alpha value is -6.12. The Balaban J connectivity index is 1.25. The Labute approximate surface area is 311 Å². The molecule has 0 saturated heterocycles. The average molecular weight is 739 g/mol. The van der Waals surface area contributed by atoms with Crippen LogP contribution in [-0.4, -0.2) is 95.8 Å². The zero-order valence-electron chi connectivity index (χ0n) is 30.2. The number of rotatable bonds is 13. The van der Waals surface area contributed by atoms with Crippen LogP contribution < -0.4 is 29.9 Å². The summed E-state index contributed by atoms with van der Waals surface area (Å²) in [5.41, 5.74) is 6.81. The molecule has 4 aromatic rings. The number of anilines is 4. The Morgan fingerprint density at radius 2 is 1.02 bits per heavy atom. The number of fused-ring (bicyclic) bond motifs is 2. The van der Waals surface area contributed by atoms with Gasteiger partial charge in [0.05, 0.1) is 37.8 Å². The van der Waals surface area contributed by atoms with Gasteiger partial charge in [-0.2, -0.15) is 0 Å². The van der Waals surface area contributed by atoms with Crippen LogP contribution in [0.4, 0.5) is 22.7 Å². The summed E-state index contributed by atoms with van der Waals surface area (Å²) in [5, 5.41) is 44.4. The maximum Gasteiger partial charge on any atom is 0.328 e. The van der Waals surface area contributed by atoms with E-state index in [1.165, 1.54) is 28.1 Å². The predicted octanol–water partition coefficient (Wildman–Crippen LogP) is 4.27. The molecule has 2 amide bonds. The number of benzene rings is 4. The molecule has 0 spiro atoms. The van der Waals surface area contributed by atoms with Crippen LogP contribution in [0.1, 0.15) is 45.7 Å². The fraction of sp³-hybridized carbons (Fsp3) is 0.300. The standard InChI is InChI=1S/C40H42N4O10/c1-21(45)35(39(49)50)41-29-13-11-23(19-33(29)53-3)37(47)43-17-15-27-25(7-5-9-31(27)43)26-8-6-10-32-28(26)16-18-44(32)38(48)24-12-14-30(34(20-24)54-4)42-36(22(2)46)40(51)52/h5-14,19-22,35-36,41-42,45-46H,15-18H2,1-4H3,(H,49,50)(H,51,52). The molecule has 0 radical (unpaired) electrons. The van der Waals surface area contributed by atoms with Crippen molar-refractivity contribution in [2.24, 2.45) is 0 Å². The second-order valence-electron chi connectivity index (χ2n) is 13.3. The van der Waals surface area contributed by atoms with Crippen LogP contribution >= 0.6 is 0 Å². The lowest BCUT2D eigenvalue weighted by Gasteiger charge is -2.22. The summed E-state index contributed by atoms with van der Waals surface area (Å²) >= 11 is 0. The third-order valence-electron chi connectivity index (χ3n) is 9.85. The highest BCUT2D eigenvalue weighted by molar-refractivity contribution is 6.10. The van der Waals surface area contributed by atoms with Gasteiger partial charge in [-0.25, -0.2) is 9.59 Å². The van der Waals surface area contributed by atoms with Crippen molar-refractivity contribution >= 4 is 46.5 Å². The van der Waals surface area contributed by atoms with Crippen molar-refractivity contribution in [2.75, 3.05) is 47.7 Å². The number of carbonyl (C=O) groups is 4. The van der Waals surface area contributed by atoms with E-state index < -0.39 is 36.2 Å². The average Bonchev–Trinajstić information content (AvgIpc) is 3.80. The lowest BCUT2D eigenvalue weighted by Crippen LogP contribution is -2.39. The van der Waals surface area contributed by atoms with Gasteiger partial charge in [-0.3, -0.25) is 9.59 Å². The summed E-state index contributed by atoms with van der Waals surface area (Å²) < 4.78 is 11.0. The number of hydrogen-bond donors (Lipinski definition) is 6. The quantitative estimate of drug-likeness (QED) is 0.114. The number of carboxylic acids is 2. The van der Waals surface area contributed by atoms with Gasteiger partial charge in [-0.1, -0.05) is 24.3 Å². The van der Waals surface area contributed by atoms with E-state index in [0.717, 1.165) is 33.6 Å². The molecule has 6 N–H and O–H groups in total. The normalized spacial score (nSPS) is 15.4. The molecule has 0 bridgehead atoms. The lowest BCUT2D eigenvalue weighted by molar-refractivity contribution is -0.141. The van der Waals surface area contributed by atoms with E-state index in [1.54, 1.807) is 46.2 Å². The lowest BCUT2D eigenvalue weighted by atomic mass is 9.93. The molecule has 4 aromatic carbocycles. The summed E-state index contributed by atoms with van der Waals surface area (Å²) in [6.45, 7) is 3.61. The highest BCUT2D eigenvalue weighted by Gasteiger charge is 2.33. The van der Waals surface area contributed by atoms with Crippen molar-refractivity contribution in [1.82, 2.24) is 0 Å². The fourth-order valence-electron chi connectivity index (χ4n) is 7.11. The first-order valence-corrected chi connectivity index (χ1v) is 17.4. The van der Waals surface area contributed by atoms with E-state index in [1.807, 2.05) is 36.4 Å². The maximum absolute atomic E-state index is 13.9. The third-order valence-corrected chi connectivity index (χ3v) is 9.85. The Kier molecular flexibility index (Phi) is 10.8. The number of carboxylic acid groups (broad SMARTS) is 2. The Bertz CT molecular complexity index is 1970. The van der Waals surface area contributed by atoms with E-state index >= 15 is 0 Å². The van der Waals surface area contributed by atoms with Crippen molar-refractivity contribution in [2.45, 2.75) is 51.0 Å². The molecule has 4 unspecified atom stereocenters. The first-order valence-electron chi connectivity index (χ1n) is 17.4. The largest absolute Gasteiger partial charge is 0.495 e. The van der Waals surface area contributed by atoms with Crippen LogP contribution in [0.5, 0.6) is 11.5 Å². The zero-order valence-corrected chi connectivity index (χ0v) is 30.2. The van der Waals surface area contributed by atoms with Crippen LogP contribution in [-0.2, 0) is 22.4 Å². The van der Waals surface area contributed by atoms with Crippen molar-refractivity contribution < 1.29 is 49.1 Å². The molecule has 14 nitrogen and oxygen atoms in total. The number of ether oxygens (including phenoxy) is 2. The third kappa shape index (κ3) is 7.13. The van der Waals surface area contributed by atoms with Crippen molar-refractivity contribution in [1.29, 1.82) is 0 Å². The van der Waals surface area contributed by atoms with Gasteiger partial charge in [-0.15, -0.1) is 0 Å². The molecule has 2 aliphatic heterocycles. The first kappa shape index (κ1) is 37.6. The van der Waals surface area contributed by atoms with Crippen LogP contribution in [0.2, 0.25) is 0 Å². The molecule has 0 fully saturated rings. The number of aliphatic hydroxyl groups is 2. The summed E-state index contributed by atoms with van der Waals surface area (Å²) in [7, 11) is 2.83. The maximum atomic E-state index is 13.9. The monoisotopic (exact) mass is 738 g/mol. The van der Waals surface area contributed by atoms with Gasteiger partial charge in [0.1, 0.15) is 11.5 Å². The van der Waals surface area contributed by atoms with Gasteiger partial charge in [0.2, 0.25) is 0 Å². The highest BCUT2D eigenvalue weighted by Crippen LogP contribution is 2.43. The van der Waals surface area contributed by atoms with Crippen molar-refractivity contribution in [3.63, 3.8) is 0 Å². The summed E-state index contributed by atoms with van der Waals surface area (Å²) in [6.07, 6.45) is -1.15. The number of methoxy groups -OCH3 is 2. The van der Waals surface area contributed by atoms with E-state index in [4.69, 9.17) is 9.47 Å². The summed E-state index contributed by atoms with van der Waals surface area (Å²) in [6, 6.07) is 18.5. The topological polar surface area (TPSA) is 198 Å². The number of hydrogen-bond acceptors (Lipinski definition) is 10. The number of aliphatic hydroxyl groups excluding tert-OH is 2. The first-order chi connectivity index (χ1) is 25.8. The fourth-order valence-corrected chi connectivity index (χ4v) is 7.11. The number of amides is 2. The number of aliphatic carboxylic acids is 2. The predicted molar refractivity (Wildman–Crippen MR) is 202 cm³/mol. The van der Waals surface area contributed by atoms with Crippen LogP contribution in [0, 0.1) is 0 Å². The smallest absolute Gasteiger partial charge is 0.328 e. The molecule has 0 saturated carbocycles. The van der Waals surface area contributed by atoms with Gasteiger partial charge in [0.15, 0.2) is 12.1 Å². The number of carbonyl (C=O) groups excluding carboxylic acids is 2. The molecule has 2 heterocycles. The number of nitrogens with one attached hydrogen (secondary N) is 2. The van der Waals surface area contributed by atoms with Crippen LogP contribution in [0.15, 0.2) is 72.8 Å². The molecule has 54 heavy (non-hydrogen) atoms. The van der Waals surface area contributed by atoms with E-state index in [0.29, 0.717) is 48.4 Å². The van der Waals surface area contributed by atoms with Gasteiger partial charge < -0.3 is 50.3 Å². The molecule has 282 valence electrons. The Morgan fingerprint density at radius 3 is 1.35 bits per heavy atom. The van der Waals surface area contributed by atoms with Crippen molar-refractivity contribution in [3.8, 4) is 22.6 Å². The van der Waals surface area contributed by atoms with E-state index in [2.05, 4.69) is 10.6 Å². The number of nitrogens with zero attached hydrogens (tertiary/aromatic N) is 2. The highest BCUT2D eigenvalue weighted by atomic mass is 16.5. The molecular formula is C40H42N4O10. The second kappa shape index (κ2) is 15.5. The van der Waals surface area contributed by atoms with Crippen molar-refractivity contribution in [3.05, 3.63) is 95.1 Å². The summed E-state index contributed by atoms with van der Waals surface area (Å²) in [4.78, 5) is 54.5. The molecule has 0 aromatic heterocycles. The zero-order chi connectivity index (χ0) is 38.8. The van der Waals surface area contributed by atoms with Gasteiger partial charge in [-0.05, 0) is 97.5 Å². The minimum Gasteiger partial charge on any atom is -0.495 e. The van der Waals surface area contributed by atoms with Gasteiger partial charge in [0.25, 0.3) is 11.8 Å². The van der Waals surface area contributed by atoms with E-state index in [-0.39, 0.29) is 23.3 Å². The van der Waals surface area contributed by atoms with Crippen LogP contribution in [0.25, 0.3) is 11.1 Å². The molecule has 2 aliphatic rings. The molecule has 6 rings (SSSR count). The minimum absolute atomic E-state index is 0.253. The van der Waals surface area contributed by atoms with E-state index in [9.17, 15) is 39.6 Å².